The van der Waals surface area contributed by atoms with Gasteiger partial charge in [-0.05, 0) is 26.2 Å². The Kier molecular flexibility index (Phi) is 4.12. The van der Waals surface area contributed by atoms with Gasteiger partial charge in [0.1, 0.15) is 0 Å². The van der Waals surface area contributed by atoms with E-state index in [1.165, 1.54) is 24.9 Å². The van der Waals surface area contributed by atoms with Gasteiger partial charge in [-0.2, -0.15) is 0 Å². The van der Waals surface area contributed by atoms with Crippen LogP contribution in [-0.4, -0.2) is 30.1 Å². The monoisotopic (exact) mass is 288 g/mol. The molecule has 0 aliphatic carbocycles. The Labute approximate surface area is 116 Å². The van der Waals surface area contributed by atoms with Gasteiger partial charge in [-0.15, -0.1) is 0 Å². The van der Waals surface area contributed by atoms with Gasteiger partial charge in [0.15, 0.2) is 15.2 Å². The van der Waals surface area contributed by atoms with Gasteiger partial charge >= 0.3 is 5.97 Å². The molecule has 4 nitrogen and oxygen atoms in total. The second-order valence-corrected chi connectivity index (χ2v) is 5.84. The summed E-state index contributed by atoms with van der Waals surface area (Å²) in [6, 6.07) is 0.940. The highest BCUT2D eigenvalue weighted by Crippen LogP contribution is 2.37. The number of anilines is 1. The first-order valence-electron chi connectivity index (χ1n) is 6.11. The minimum absolute atomic E-state index is 0.246. The molecule has 1 aromatic heterocycles. The number of nitrogens with zero attached hydrogens (tertiary/aromatic N) is 2. The summed E-state index contributed by atoms with van der Waals surface area (Å²) in [6.07, 6.45) is 3.40. The Bertz CT molecular complexity index is 449. The molecule has 2 unspecified atom stereocenters. The van der Waals surface area contributed by atoms with Gasteiger partial charge in [-0.1, -0.05) is 29.9 Å². The van der Waals surface area contributed by atoms with Crippen LogP contribution in [0.5, 0.6) is 0 Å². The fraction of sp³-hybridized carbons (Fsp3) is 0.667. The number of esters is 1. The zero-order valence-corrected chi connectivity index (χ0v) is 12.3. The number of halogens is 1. The van der Waals surface area contributed by atoms with Gasteiger partial charge in [-0.25, -0.2) is 9.78 Å². The Morgan fingerprint density at radius 3 is 2.94 bits per heavy atom. The van der Waals surface area contributed by atoms with E-state index in [1.54, 1.807) is 0 Å². The lowest BCUT2D eigenvalue weighted by molar-refractivity contribution is 0.0606. The van der Waals surface area contributed by atoms with Crippen LogP contribution >= 0.6 is 22.9 Å². The lowest BCUT2D eigenvalue weighted by Gasteiger charge is -2.27. The van der Waals surface area contributed by atoms with E-state index in [-0.39, 0.29) is 5.15 Å². The molecule has 1 aliphatic heterocycles. The third kappa shape index (κ3) is 2.34. The Morgan fingerprint density at radius 1 is 1.61 bits per heavy atom. The maximum Gasteiger partial charge on any atom is 0.351 e. The predicted octanol–water partition coefficient (Wildman–Crippen LogP) is 3.35. The van der Waals surface area contributed by atoms with Crippen LogP contribution in [0, 0.1) is 0 Å². The van der Waals surface area contributed by atoms with Crippen molar-refractivity contribution < 1.29 is 9.53 Å². The lowest BCUT2D eigenvalue weighted by Crippen LogP contribution is -2.33. The molecule has 6 heteroatoms. The van der Waals surface area contributed by atoms with Crippen molar-refractivity contribution in [3.8, 4) is 0 Å². The van der Waals surface area contributed by atoms with Crippen LogP contribution < -0.4 is 4.90 Å². The summed E-state index contributed by atoms with van der Waals surface area (Å²) < 4.78 is 4.70. The molecule has 0 aromatic carbocycles. The molecule has 1 aliphatic rings. The smallest absolute Gasteiger partial charge is 0.351 e. The lowest BCUT2D eigenvalue weighted by atomic mass is 10.2. The number of hydrogen-bond acceptors (Lipinski definition) is 5. The van der Waals surface area contributed by atoms with Crippen LogP contribution in [0.15, 0.2) is 0 Å². The molecule has 0 amide bonds. The molecular weight excluding hydrogens is 272 g/mol. The molecule has 0 N–H and O–H groups in total. The van der Waals surface area contributed by atoms with Crippen LogP contribution in [0.25, 0.3) is 0 Å². The molecule has 0 saturated carbocycles. The quantitative estimate of drug-likeness (QED) is 0.800. The van der Waals surface area contributed by atoms with Gasteiger partial charge in [-0.3, -0.25) is 0 Å². The van der Waals surface area contributed by atoms with Crippen molar-refractivity contribution in [1.82, 2.24) is 4.98 Å². The molecule has 0 radical (unpaired) electrons. The van der Waals surface area contributed by atoms with E-state index in [1.807, 2.05) is 0 Å². The van der Waals surface area contributed by atoms with Crippen molar-refractivity contribution in [2.24, 2.45) is 0 Å². The maximum atomic E-state index is 11.5. The molecule has 2 heterocycles. The number of carbonyl (C=O) groups excluding carboxylic acids is 1. The fourth-order valence-corrected chi connectivity index (χ4v) is 3.81. The average Bonchev–Trinajstić information content (AvgIpc) is 2.91. The van der Waals surface area contributed by atoms with E-state index in [2.05, 4.69) is 23.7 Å². The van der Waals surface area contributed by atoms with Gasteiger partial charge < -0.3 is 9.64 Å². The first kappa shape index (κ1) is 13.6. The van der Waals surface area contributed by atoms with Crippen LogP contribution in [0.4, 0.5) is 5.13 Å². The van der Waals surface area contributed by atoms with Crippen molar-refractivity contribution in [3.05, 3.63) is 10.0 Å². The normalized spacial score (nSPS) is 23.4. The molecule has 1 fully saturated rings. The third-order valence-electron chi connectivity index (χ3n) is 3.42. The van der Waals surface area contributed by atoms with Crippen LogP contribution in [0.3, 0.4) is 0 Å². The zero-order valence-electron chi connectivity index (χ0n) is 10.8. The van der Waals surface area contributed by atoms with E-state index >= 15 is 0 Å². The van der Waals surface area contributed by atoms with Crippen molar-refractivity contribution in [3.63, 3.8) is 0 Å². The number of hydrogen-bond donors (Lipinski definition) is 0. The Balaban J connectivity index is 2.31. The Morgan fingerprint density at radius 2 is 2.33 bits per heavy atom. The second-order valence-electron chi connectivity index (χ2n) is 4.50. The highest BCUT2D eigenvalue weighted by atomic mass is 35.5. The number of carbonyl (C=O) groups is 1. The molecule has 2 rings (SSSR count). The first-order valence-corrected chi connectivity index (χ1v) is 7.30. The highest BCUT2D eigenvalue weighted by molar-refractivity contribution is 7.18. The fourth-order valence-electron chi connectivity index (χ4n) is 2.44. The molecule has 0 bridgehead atoms. The molecule has 18 heavy (non-hydrogen) atoms. The van der Waals surface area contributed by atoms with Crippen LogP contribution in [0.2, 0.25) is 5.15 Å². The molecule has 2 atom stereocenters. The van der Waals surface area contributed by atoms with Crippen molar-refractivity contribution in [2.75, 3.05) is 12.0 Å². The van der Waals surface area contributed by atoms with E-state index in [4.69, 9.17) is 16.3 Å². The highest BCUT2D eigenvalue weighted by Gasteiger charge is 2.32. The summed E-state index contributed by atoms with van der Waals surface area (Å²) in [5, 5.41) is 1.08. The predicted molar refractivity (Wildman–Crippen MR) is 73.7 cm³/mol. The SMILES string of the molecule is CCC1CCC(C)N1c1nc(Cl)c(C(=O)OC)s1. The molecule has 1 aromatic rings. The van der Waals surface area contributed by atoms with Crippen molar-refractivity contribution >= 4 is 34.0 Å². The van der Waals surface area contributed by atoms with Crippen molar-refractivity contribution in [2.45, 2.75) is 45.2 Å². The van der Waals surface area contributed by atoms with Crippen LogP contribution in [0.1, 0.15) is 42.8 Å². The van der Waals surface area contributed by atoms with E-state index in [0.717, 1.165) is 18.0 Å². The van der Waals surface area contributed by atoms with Gasteiger partial charge in [0.05, 0.1) is 7.11 Å². The van der Waals surface area contributed by atoms with Crippen LogP contribution in [-0.2, 0) is 4.74 Å². The molecule has 0 spiro atoms. The summed E-state index contributed by atoms with van der Waals surface area (Å²) >= 11 is 7.33. The number of rotatable bonds is 3. The van der Waals surface area contributed by atoms with Gasteiger partial charge in [0.2, 0.25) is 0 Å². The Hall–Kier alpha value is -0.810. The van der Waals surface area contributed by atoms with Gasteiger partial charge in [0, 0.05) is 12.1 Å². The second kappa shape index (κ2) is 5.45. The average molecular weight is 289 g/mol. The standard InChI is InChI=1S/C12H17ClN2O2S/c1-4-8-6-5-7(2)15(8)12-14-10(13)9(18-12)11(16)17-3/h7-8H,4-6H2,1-3H3. The third-order valence-corrected chi connectivity index (χ3v) is 4.86. The van der Waals surface area contributed by atoms with E-state index in [0.29, 0.717) is 17.0 Å². The summed E-state index contributed by atoms with van der Waals surface area (Å²) in [5.74, 6) is -0.413. The number of ether oxygens (including phenoxy) is 1. The number of thiazole rings is 1. The van der Waals surface area contributed by atoms with Crippen molar-refractivity contribution in [1.29, 1.82) is 0 Å². The summed E-state index contributed by atoms with van der Waals surface area (Å²) in [6.45, 7) is 4.36. The number of aromatic nitrogens is 1. The minimum Gasteiger partial charge on any atom is -0.465 e. The largest absolute Gasteiger partial charge is 0.465 e. The van der Waals surface area contributed by atoms with E-state index < -0.39 is 5.97 Å². The maximum absolute atomic E-state index is 11.5. The van der Waals surface area contributed by atoms with Gasteiger partial charge in [0.25, 0.3) is 0 Å². The summed E-state index contributed by atoms with van der Waals surface area (Å²) in [4.78, 5) is 18.5. The minimum atomic E-state index is -0.413. The number of methoxy groups -OCH3 is 1. The molecule has 100 valence electrons. The first-order chi connectivity index (χ1) is 8.58. The zero-order chi connectivity index (χ0) is 13.3. The summed E-state index contributed by atoms with van der Waals surface area (Å²) in [5.41, 5.74) is 0. The van der Waals surface area contributed by atoms with E-state index in [9.17, 15) is 4.79 Å². The molecule has 1 saturated heterocycles. The topological polar surface area (TPSA) is 42.4 Å². The molecular formula is C12H17ClN2O2S. The summed E-state index contributed by atoms with van der Waals surface area (Å²) in [7, 11) is 1.35.